The van der Waals surface area contributed by atoms with Crippen molar-refractivity contribution >= 4 is 22.1 Å². The second-order valence-electron chi connectivity index (χ2n) is 6.23. The number of hydrogen-bond acceptors (Lipinski definition) is 3. The van der Waals surface area contributed by atoms with E-state index in [1.54, 1.807) is 12.1 Å². The summed E-state index contributed by atoms with van der Waals surface area (Å²) in [5.74, 6) is 0.355. The van der Waals surface area contributed by atoms with Gasteiger partial charge in [0, 0.05) is 10.9 Å². The van der Waals surface area contributed by atoms with E-state index in [-0.39, 0.29) is 17.0 Å². The molecule has 1 unspecified atom stereocenters. The van der Waals surface area contributed by atoms with Gasteiger partial charge in [-0.25, -0.2) is 9.37 Å². The highest BCUT2D eigenvalue weighted by atomic mass is 19.1. The molecule has 2 aromatic carbocycles. The van der Waals surface area contributed by atoms with Crippen molar-refractivity contribution in [2.45, 2.75) is 13.1 Å². The van der Waals surface area contributed by atoms with E-state index in [0.29, 0.717) is 30.0 Å². The number of hydrogen-bond donors (Lipinski definition) is 2. The molecule has 2 aromatic heterocycles. The molecule has 0 radical (unpaired) electrons. The third kappa shape index (κ3) is 3.04. The molecule has 0 saturated heterocycles. The number of nitrogens with zero attached hydrogens (tertiary/aromatic N) is 1. The van der Waals surface area contributed by atoms with Crippen molar-refractivity contribution in [3.05, 3.63) is 76.1 Å². The van der Waals surface area contributed by atoms with Crippen LogP contribution in [0.15, 0.2) is 57.7 Å². The highest BCUT2D eigenvalue weighted by Gasteiger charge is 2.15. The van der Waals surface area contributed by atoms with Crippen molar-refractivity contribution < 1.29 is 13.7 Å². The van der Waals surface area contributed by atoms with E-state index < -0.39 is 0 Å². The third-order valence-corrected chi connectivity index (χ3v) is 4.17. The van der Waals surface area contributed by atoms with Crippen LogP contribution in [-0.4, -0.2) is 17.0 Å². The van der Waals surface area contributed by atoms with Crippen molar-refractivity contribution in [2.24, 2.45) is 0 Å². The van der Waals surface area contributed by atoms with Gasteiger partial charge in [0.25, 0.3) is 5.56 Å². The topological polar surface area (TPSA) is 63.3 Å². The summed E-state index contributed by atoms with van der Waals surface area (Å²) < 4.78 is 18.6. The molecule has 2 N–H and O–H groups in total. The van der Waals surface area contributed by atoms with E-state index in [4.69, 9.17) is 4.42 Å². The first kappa shape index (κ1) is 15.5. The maximum atomic E-state index is 13.0. The Balaban J connectivity index is 1.63. The fraction of sp³-hybridized carbons (Fsp3) is 0.158. The van der Waals surface area contributed by atoms with E-state index in [9.17, 15) is 9.18 Å². The first-order chi connectivity index (χ1) is 12.1. The van der Waals surface area contributed by atoms with Gasteiger partial charge >= 0.3 is 0 Å². The molecule has 2 heterocycles. The zero-order chi connectivity index (χ0) is 17.4. The van der Waals surface area contributed by atoms with Crippen LogP contribution >= 0.6 is 0 Å². The van der Waals surface area contributed by atoms with E-state index in [1.807, 2.05) is 31.3 Å². The van der Waals surface area contributed by atoms with E-state index in [1.165, 1.54) is 12.1 Å². The quantitative estimate of drug-likeness (QED) is 0.598. The van der Waals surface area contributed by atoms with Gasteiger partial charge in [0.15, 0.2) is 5.82 Å². The van der Waals surface area contributed by atoms with Crippen LogP contribution in [0.25, 0.3) is 22.1 Å². The summed E-state index contributed by atoms with van der Waals surface area (Å²) in [6.45, 7) is 1.25. The molecule has 0 aliphatic carbocycles. The van der Waals surface area contributed by atoms with Gasteiger partial charge in [0.1, 0.15) is 30.0 Å². The molecule has 126 valence electrons. The first-order valence-electron chi connectivity index (χ1n) is 8.06. The number of nitrogens with one attached hydrogen (secondary N) is 2. The molecule has 0 bridgehead atoms. The maximum Gasteiger partial charge on any atom is 0.294 e. The Labute approximate surface area is 142 Å². The number of aromatic nitrogens is 2. The van der Waals surface area contributed by atoms with Gasteiger partial charge < -0.3 is 14.3 Å². The average molecular weight is 338 g/mol. The van der Waals surface area contributed by atoms with Gasteiger partial charge in [-0.2, -0.15) is 0 Å². The normalized spacial score (nSPS) is 12.7. The molecular formula is C19H17FN3O2+. The van der Waals surface area contributed by atoms with Crippen LogP contribution in [0.3, 0.4) is 0 Å². The van der Waals surface area contributed by atoms with Crippen LogP contribution in [0.1, 0.15) is 11.4 Å². The number of rotatable bonds is 4. The van der Waals surface area contributed by atoms with Gasteiger partial charge in [0.2, 0.25) is 5.58 Å². The lowest BCUT2D eigenvalue weighted by molar-refractivity contribution is -0.908. The van der Waals surface area contributed by atoms with Gasteiger partial charge in [-0.05, 0) is 24.3 Å². The molecule has 0 saturated carbocycles. The fourth-order valence-electron chi connectivity index (χ4n) is 3.03. The molecule has 4 rings (SSSR count). The third-order valence-electron chi connectivity index (χ3n) is 4.17. The molecule has 4 aromatic rings. The predicted molar refractivity (Wildman–Crippen MR) is 92.8 cm³/mol. The molecule has 5 nitrogen and oxygen atoms in total. The average Bonchev–Trinajstić information content (AvgIpc) is 2.96. The number of fused-ring (bicyclic) bond motifs is 3. The van der Waals surface area contributed by atoms with Gasteiger partial charge in [-0.1, -0.05) is 24.3 Å². The first-order valence-corrected chi connectivity index (χ1v) is 8.06. The Morgan fingerprint density at radius 3 is 2.68 bits per heavy atom. The highest BCUT2D eigenvalue weighted by Crippen LogP contribution is 2.24. The molecular weight excluding hydrogens is 321 g/mol. The van der Waals surface area contributed by atoms with Crippen molar-refractivity contribution in [3.8, 4) is 0 Å². The number of para-hydroxylation sites is 1. The standard InChI is InChI=1S/C19H16FN3O2/c1-23(10-12-6-8-13(20)9-7-12)11-16-21-17-14-4-2-3-5-15(14)25-18(17)19(24)22-16/h2-9H,10-11H2,1H3,(H,21,22,24)/p+1. The van der Waals surface area contributed by atoms with Crippen molar-refractivity contribution in [2.75, 3.05) is 7.05 Å². The molecule has 6 heteroatoms. The second kappa shape index (κ2) is 6.14. The summed E-state index contributed by atoms with van der Waals surface area (Å²) in [7, 11) is 2.00. The van der Waals surface area contributed by atoms with Gasteiger partial charge in [0.05, 0.1) is 7.05 Å². The van der Waals surface area contributed by atoms with Gasteiger partial charge in [-0.3, -0.25) is 4.79 Å². The lowest BCUT2D eigenvalue weighted by Crippen LogP contribution is -3.06. The SMILES string of the molecule is C[NH+](Cc1ccc(F)cc1)Cc1nc2c(oc3ccccc32)c(=O)[nH]1. The maximum absolute atomic E-state index is 13.0. The molecule has 0 aliphatic rings. The Morgan fingerprint density at radius 1 is 1.12 bits per heavy atom. The zero-order valence-corrected chi connectivity index (χ0v) is 13.7. The number of H-pyrrole nitrogens is 1. The van der Waals surface area contributed by atoms with Crippen LogP contribution in [0.5, 0.6) is 0 Å². The smallest absolute Gasteiger partial charge is 0.294 e. The number of furan rings is 1. The lowest BCUT2D eigenvalue weighted by Gasteiger charge is -2.13. The summed E-state index contributed by atoms with van der Waals surface area (Å²) >= 11 is 0. The lowest BCUT2D eigenvalue weighted by atomic mass is 10.2. The Hall–Kier alpha value is -2.99. The summed E-state index contributed by atoms with van der Waals surface area (Å²) in [5, 5.41) is 0.834. The minimum Gasteiger partial charge on any atom is -0.449 e. The van der Waals surface area contributed by atoms with Crippen LogP contribution in [0, 0.1) is 5.82 Å². The number of halogens is 1. The molecule has 0 fully saturated rings. The molecule has 1 atom stereocenters. The highest BCUT2D eigenvalue weighted by molar-refractivity contribution is 6.01. The van der Waals surface area contributed by atoms with E-state index >= 15 is 0 Å². The molecule has 0 spiro atoms. The Bertz CT molecular complexity index is 1100. The van der Waals surface area contributed by atoms with Crippen LogP contribution in [0.2, 0.25) is 0 Å². The second-order valence-corrected chi connectivity index (χ2v) is 6.23. The van der Waals surface area contributed by atoms with Crippen LogP contribution in [0.4, 0.5) is 4.39 Å². The van der Waals surface area contributed by atoms with Crippen molar-refractivity contribution in [1.82, 2.24) is 9.97 Å². The summed E-state index contributed by atoms with van der Waals surface area (Å²) in [4.78, 5) is 20.8. The van der Waals surface area contributed by atoms with E-state index in [2.05, 4.69) is 9.97 Å². The monoisotopic (exact) mass is 338 g/mol. The van der Waals surface area contributed by atoms with Crippen LogP contribution in [-0.2, 0) is 13.1 Å². The zero-order valence-electron chi connectivity index (χ0n) is 13.7. The predicted octanol–water partition coefficient (Wildman–Crippen LogP) is 2.02. The number of aromatic amines is 1. The van der Waals surface area contributed by atoms with Crippen molar-refractivity contribution in [3.63, 3.8) is 0 Å². The minimum absolute atomic E-state index is 0.246. The van der Waals surface area contributed by atoms with E-state index in [0.717, 1.165) is 15.8 Å². The Kier molecular flexibility index (Phi) is 3.82. The summed E-state index contributed by atoms with van der Waals surface area (Å²) in [5.41, 5.74) is 2.24. The van der Waals surface area contributed by atoms with Crippen LogP contribution < -0.4 is 10.5 Å². The summed E-state index contributed by atoms with van der Waals surface area (Å²) in [6.07, 6.45) is 0. The fourth-order valence-corrected chi connectivity index (χ4v) is 3.03. The minimum atomic E-state index is -0.272. The largest absolute Gasteiger partial charge is 0.449 e. The number of quaternary nitrogens is 1. The number of benzene rings is 2. The Morgan fingerprint density at radius 2 is 1.88 bits per heavy atom. The molecule has 0 amide bonds. The summed E-state index contributed by atoms with van der Waals surface area (Å²) in [6, 6.07) is 13.9. The van der Waals surface area contributed by atoms with Gasteiger partial charge in [-0.15, -0.1) is 0 Å². The molecule has 0 aliphatic heterocycles. The molecule has 25 heavy (non-hydrogen) atoms. The van der Waals surface area contributed by atoms with Crippen molar-refractivity contribution in [1.29, 1.82) is 0 Å².